The molecule has 0 amide bonds. The summed E-state index contributed by atoms with van der Waals surface area (Å²) in [7, 11) is 0. The maximum absolute atomic E-state index is 4.09. The molecule has 0 N–H and O–H groups in total. The fourth-order valence-electron chi connectivity index (χ4n) is 2.54. The van der Waals surface area contributed by atoms with Gasteiger partial charge in [0.05, 0.1) is 6.33 Å². The van der Waals surface area contributed by atoms with Gasteiger partial charge >= 0.3 is 0 Å². The van der Waals surface area contributed by atoms with Gasteiger partial charge in [0, 0.05) is 28.7 Å². The molecule has 0 aliphatic carbocycles. The Morgan fingerprint density at radius 3 is 2.41 bits per heavy atom. The molecule has 0 radical (unpaired) electrons. The lowest BCUT2D eigenvalue weighted by Gasteiger charge is -2.12. The first-order valence-corrected chi connectivity index (χ1v) is 8.39. The van der Waals surface area contributed by atoms with Gasteiger partial charge in [0.2, 0.25) is 0 Å². The maximum Gasteiger partial charge on any atom is 0.0945 e. The summed E-state index contributed by atoms with van der Waals surface area (Å²) in [5.41, 5.74) is 1.39. The Morgan fingerprint density at radius 2 is 1.73 bits per heavy atom. The van der Waals surface area contributed by atoms with Gasteiger partial charge in [-0.1, -0.05) is 49.0 Å². The first-order valence-electron chi connectivity index (χ1n) is 7.57. The van der Waals surface area contributed by atoms with Crippen LogP contribution in [0, 0.1) is 5.92 Å². The Balaban J connectivity index is 1.57. The highest BCUT2D eigenvalue weighted by Crippen LogP contribution is 2.27. The van der Waals surface area contributed by atoms with Gasteiger partial charge in [-0.2, -0.15) is 0 Å². The van der Waals surface area contributed by atoms with Crippen molar-refractivity contribution in [3.05, 3.63) is 78.9 Å². The van der Waals surface area contributed by atoms with Gasteiger partial charge in [0.25, 0.3) is 0 Å². The molecule has 22 heavy (non-hydrogen) atoms. The summed E-state index contributed by atoms with van der Waals surface area (Å²) >= 11 is 1.81. The first kappa shape index (κ1) is 14.9. The molecule has 0 fully saturated rings. The average Bonchev–Trinajstić information content (AvgIpc) is 3.03. The SMILES string of the molecule is C[C@@H](Cc1ccc(Sc2ccccc2)cc1)Cn1ccnc1. The van der Waals surface area contributed by atoms with Gasteiger partial charge in [-0.25, -0.2) is 4.98 Å². The Morgan fingerprint density at radius 1 is 1.00 bits per heavy atom. The molecule has 0 unspecified atom stereocenters. The molecule has 1 heterocycles. The summed E-state index contributed by atoms with van der Waals surface area (Å²) in [4.78, 5) is 6.66. The molecular formula is C19H20N2S. The number of hydrogen-bond donors (Lipinski definition) is 0. The van der Waals surface area contributed by atoms with Gasteiger partial charge in [-0.05, 0) is 42.2 Å². The summed E-state index contributed by atoms with van der Waals surface area (Å²) in [6.45, 7) is 3.30. The van der Waals surface area contributed by atoms with Crippen LogP contribution >= 0.6 is 11.8 Å². The van der Waals surface area contributed by atoms with Crippen LogP contribution in [-0.4, -0.2) is 9.55 Å². The van der Waals surface area contributed by atoms with E-state index in [1.54, 1.807) is 11.8 Å². The van der Waals surface area contributed by atoms with Crippen molar-refractivity contribution in [2.75, 3.05) is 0 Å². The zero-order chi connectivity index (χ0) is 15.2. The third kappa shape index (κ3) is 4.25. The van der Waals surface area contributed by atoms with Crippen LogP contribution in [0.2, 0.25) is 0 Å². The van der Waals surface area contributed by atoms with Crippen molar-refractivity contribution in [3.63, 3.8) is 0 Å². The van der Waals surface area contributed by atoms with Crippen LogP contribution < -0.4 is 0 Å². The minimum atomic E-state index is 0.599. The summed E-state index contributed by atoms with van der Waals surface area (Å²) in [5, 5.41) is 0. The minimum absolute atomic E-state index is 0.599. The predicted octanol–water partition coefficient (Wildman–Crippen LogP) is 4.91. The first-order chi connectivity index (χ1) is 10.8. The van der Waals surface area contributed by atoms with Crippen LogP contribution in [0.5, 0.6) is 0 Å². The average molecular weight is 308 g/mol. The third-order valence-corrected chi connectivity index (χ3v) is 4.58. The molecule has 3 heteroatoms. The number of rotatable bonds is 6. The number of imidazole rings is 1. The Hall–Kier alpha value is -2.00. The van der Waals surface area contributed by atoms with Crippen LogP contribution in [0.3, 0.4) is 0 Å². The second-order valence-corrected chi connectivity index (χ2v) is 6.77. The van der Waals surface area contributed by atoms with E-state index in [1.165, 1.54) is 15.4 Å². The van der Waals surface area contributed by atoms with E-state index in [0.29, 0.717) is 5.92 Å². The Kier molecular flexibility index (Phi) is 4.96. The fraction of sp³-hybridized carbons (Fsp3) is 0.211. The third-order valence-electron chi connectivity index (χ3n) is 3.57. The molecular weight excluding hydrogens is 288 g/mol. The van der Waals surface area contributed by atoms with Crippen molar-refractivity contribution in [2.24, 2.45) is 5.92 Å². The van der Waals surface area contributed by atoms with E-state index in [-0.39, 0.29) is 0 Å². The highest BCUT2D eigenvalue weighted by Gasteiger charge is 2.05. The van der Waals surface area contributed by atoms with E-state index in [1.807, 2.05) is 18.7 Å². The summed E-state index contributed by atoms with van der Waals surface area (Å²) in [5.74, 6) is 0.599. The molecule has 3 rings (SSSR count). The van der Waals surface area contributed by atoms with Gasteiger partial charge < -0.3 is 4.57 Å². The van der Waals surface area contributed by atoms with Crippen LogP contribution in [0.4, 0.5) is 0 Å². The normalized spacial score (nSPS) is 12.2. The van der Waals surface area contributed by atoms with E-state index < -0.39 is 0 Å². The zero-order valence-corrected chi connectivity index (χ0v) is 13.5. The molecule has 2 aromatic carbocycles. The number of aromatic nitrogens is 2. The molecule has 0 bridgehead atoms. The zero-order valence-electron chi connectivity index (χ0n) is 12.7. The topological polar surface area (TPSA) is 17.8 Å². The van der Waals surface area contributed by atoms with Crippen molar-refractivity contribution < 1.29 is 0 Å². The van der Waals surface area contributed by atoms with Crippen LogP contribution in [0.25, 0.3) is 0 Å². The van der Waals surface area contributed by atoms with E-state index in [4.69, 9.17) is 0 Å². The van der Waals surface area contributed by atoms with Crippen molar-refractivity contribution in [2.45, 2.75) is 29.7 Å². The lowest BCUT2D eigenvalue weighted by atomic mass is 10.0. The highest BCUT2D eigenvalue weighted by molar-refractivity contribution is 7.99. The summed E-state index contributed by atoms with van der Waals surface area (Å²) in [6.07, 6.45) is 6.84. The van der Waals surface area contributed by atoms with Gasteiger partial charge in [0.15, 0.2) is 0 Å². The predicted molar refractivity (Wildman–Crippen MR) is 92.1 cm³/mol. The highest BCUT2D eigenvalue weighted by atomic mass is 32.2. The Bertz CT molecular complexity index is 675. The second-order valence-electron chi connectivity index (χ2n) is 5.63. The lowest BCUT2D eigenvalue weighted by molar-refractivity contribution is 0.479. The second kappa shape index (κ2) is 7.32. The molecule has 0 saturated heterocycles. The van der Waals surface area contributed by atoms with Crippen molar-refractivity contribution in [1.29, 1.82) is 0 Å². The molecule has 0 saturated carbocycles. The van der Waals surface area contributed by atoms with E-state index in [2.05, 4.69) is 71.1 Å². The Labute approximate surface area is 136 Å². The monoisotopic (exact) mass is 308 g/mol. The molecule has 1 atom stereocenters. The maximum atomic E-state index is 4.09. The van der Waals surface area contributed by atoms with Gasteiger partial charge in [-0.3, -0.25) is 0 Å². The molecule has 1 aromatic heterocycles. The van der Waals surface area contributed by atoms with Crippen LogP contribution in [0.15, 0.2) is 83.1 Å². The van der Waals surface area contributed by atoms with Gasteiger partial charge in [0.1, 0.15) is 0 Å². The number of nitrogens with zero attached hydrogens (tertiary/aromatic N) is 2. The van der Waals surface area contributed by atoms with Crippen LogP contribution in [-0.2, 0) is 13.0 Å². The molecule has 0 aliphatic heterocycles. The number of benzene rings is 2. The standard InChI is InChI=1S/C19H20N2S/c1-16(14-21-12-11-20-15-21)13-17-7-9-19(10-8-17)22-18-5-3-2-4-6-18/h2-12,15-16H,13-14H2,1H3/t16-/m0/s1. The molecule has 112 valence electrons. The van der Waals surface area contributed by atoms with Crippen molar-refractivity contribution in [1.82, 2.24) is 9.55 Å². The lowest BCUT2D eigenvalue weighted by Crippen LogP contribution is -2.08. The van der Waals surface area contributed by atoms with Crippen molar-refractivity contribution in [3.8, 4) is 0 Å². The molecule has 3 aromatic rings. The van der Waals surface area contributed by atoms with E-state index in [9.17, 15) is 0 Å². The summed E-state index contributed by atoms with van der Waals surface area (Å²) < 4.78 is 2.14. The van der Waals surface area contributed by atoms with E-state index in [0.717, 1.165) is 13.0 Å². The van der Waals surface area contributed by atoms with Crippen LogP contribution in [0.1, 0.15) is 12.5 Å². The smallest absolute Gasteiger partial charge is 0.0945 e. The quantitative estimate of drug-likeness (QED) is 0.643. The van der Waals surface area contributed by atoms with Gasteiger partial charge in [-0.15, -0.1) is 0 Å². The molecule has 0 aliphatic rings. The fourth-order valence-corrected chi connectivity index (χ4v) is 3.38. The largest absolute Gasteiger partial charge is 0.337 e. The van der Waals surface area contributed by atoms with E-state index >= 15 is 0 Å². The molecule has 2 nitrogen and oxygen atoms in total. The molecule has 0 spiro atoms. The minimum Gasteiger partial charge on any atom is -0.337 e. The number of hydrogen-bond acceptors (Lipinski definition) is 2. The van der Waals surface area contributed by atoms with Crippen molar-refractivity contribution >= 4 is 11.8 Å². The summed E-state index contributed by atoms with van der Waals surface area (Å²) in [6, 6.07) is 19.4.